The number of hydrogen-bond acceptors (Lipinski definition) is 8. The molecule has 142 valence electrons. The number of nitro groups is 2. The Balaban J connectivity index is 1.99. The minimum absolute atomic E-state index is 0.0221. The largest absolute Gasteiger partial charge is 0.353 e. The molecular weight excluding hydrogens is 364 g/mol. The summed E-state index contributed by atoms with van der Waals surface area (Å²) in [6.45, 7) is 1.98. The standard InChI is InChI=1S/C18H16N6O4/c1-2-12-6-3-4-9-15(12)22-18-16(24(27)28)17(19-11-20-18)21-13-7-5-8-14(10-13)23(25)26/h3-11H,2H2,1H3,(H2,19,20,21,22). The fourth-order valence-corrected chi connectivity index (χ4v) is 2.65. The summed E-state index contributed by atoms with van der Waals surface area (Å²) in [5.74, 6) is -0.0502. The lowest BCUT2D eigenvalue weighted by Gasteiger charge is -2.12. The highest BCUT2D eigenvalue weighted by Crippen LogP contribution is 2.34. The van der Waals surface area contributed by atoms with Crippen molar-refractivity contribution in [2.75, 3.05) is 10.6 Å². The number of rotatable bonds is 7. The first-order valence-corrected chi connectivity index (χ1v) is 8.35. The van der Waals surface area contributed by atoms with Crippen molar-refractivity contribution in [1.29, 1.82) is 0 Å². The molecule has 0 atom stereocenters. The molecule has 0 aliphatic heterocycles. The van der Waals surface area contributed by atoms with Crippen molar-refractivity contribution in [2.45, 2.75) is 13.3 Å². The van der Waals surface area contributed by atoms with Crippen molar-refractivity contribution < 1.29 is 9.85 Å². The number of nitro benzene ring substituents is 1. The van der Waals surface area contributed by atoms with E-state index in [0.717, 1.165) is 12.0 Å². The van der Waals surface area contributed by atoms with Gasteiger partial charge in [-0.15, -0.1) is 0 Å². The Morgan fingerprint density at radius 2 is 1.64 bits per heavy atom. The average Bonchev–Trinajstić information content (AvgIpc) is 2.68. The number of anilines is 4. The molecule has 1 heterocycles. The van der Waals surface area contributed by atoms with Gasteiger partial charge in [0.15, 0.2) is 0 Å². The third-order valence-electron chi connectivity index (χ3n) is 3.98. The van der Waals surface area contributed by atoms with Gasteiger partial charge in [-0.2, -0.15) is 0 Å². The van der Waals surface area contributed by atoms with Gasteiger partial charge in [0.2, 0.25) is 11.6 Å². The van der Waals surface area contributed by atoms with Crippen LogP contribution in [0.1, 0.15) is 12.5 Å². The molecule has 1 aromatic heterocycles. The molecule has 0 saturated carbocycles. The van der Waals surface area contributed by atoms with Gasteiger partial charge in [0.25, 0.3) is 5.69 Å². The summed E-state index contributed by atoms with van der Waals surface area (Å²) < 4.78 is 0. The molecular formula is C18H16N6O4. The Kier molecular flexibility index (Phi) is 5.40. The van der Waals surface area contributed by atoms with E-state index in [1.165, 1.54) is 24.5 Å². The van der Waals surface area contributed by atoms with E-state index >= 15 is 0 Å². The molecule has 0 saturated heterocycles. The molecule has 3 aromatic rings. The van der Waals surface area contributed by atoms with E-state index in [-0.39, 0.29) is 23.0 Å². The van der Waals surface area contributed by atoms with Crippen LogP contribution in [0.5, 0.6) is 0 Å². The molecule has 0 bridgehead atoms. The molecule has 10 heteroatoms. The molecule has 0 fully saturated rings. The summed E-state index contributed by atoms with van der Waals surface area (Å²) in [5.41, 5.74) is 1.48. The van der Waals surface area contributed by atoms with Crippen LogP contribution in [0.4, 0.5) is 34.4 Å². The van der Waals surface area contributed by atoms with Crippen LogP contribution in [-0.2, 0) is 6.42 Å². The van der Waals surface area contributed by atoms with Crippen LogP contribution in [0.15, 0.2) is 54.9 Å². The summed E-state index contributed by atoms with van der Waals surface area (Å²) in [6, 6.07) is 13.0. The van der Waals surface area contributed by atoms with Crippen LogP contribution < -0.4 is 10.6 Å². The number of para-hydroxylation sites is 1. The van der Waals surface area contributed by atoms with Crippen LogP contribution in [0.3, 0.4) is 0 Å². The highest BCUT2D eigenvalue weighted by Gasteiger charge is 2.24. The summed E-state index contributed by atoms with van der Waals surface area (Å²) in [4.78, 5) is 29.4. The average molecular weight is 380 g/mol. The zero-order valence-electron chi connectivity index (χ0n) is 14.8. The lowest BCUT2D eigenvalue weighted by molar-refractivity contribution is -0.384. The number of aryl methyl sites for hydroxylation is 1. The van der Waals surface area contributed by atoms with E-state index in [2.05, 4.69) is 20.6 Å². The lowest BCUT2D eigenvalue weighted by Crippen LogP contribution is -2.06. The Bertz CT molecular complexity index is 1040. The molecule has 0 aliphatic carbocycles. The maximum absolute atomic E-state index is 11.7. The molecule has 0 spiro atoms. The fourth-order valence-electron chi connectivity index (χ4n) is 2.65. The number of hydrogen-bond donors (Lipinski definition) is 2. The second kappa shape index (κ2) is 8.08. The maximum Gasteiger partial charge on any atom is 0.353 e. The van der Waals surface area contributed by atoms with Crippen LogP contribution in [0.2, 0.25) is 0 Å². The minimum Gasteiger partial charge on any atom is -0.334 e. The minimum atomic E-state index is -0.601. The first kappa shape index (κ1) is 18.7. The smallest absolute Gasteiger partial charge is 0.334 e. The van der Waals surface area contributed by atoms with Gasteiger partial charge in [0, 0.05) is 23.5 Å². The predicted octanol–water partition coefficient (Wildman–Crippen LogP) is 4.34. The van der Waals surface area contributed by atoms with E-state index in [1.807, 2.05) is 25.1 Å². The van der Waals surface area contributed by atoms with Crippen LogP contribution in [-0.4, -0.2) is 19.8 Å². The van der Waals surface area contributed by atoms with Gasteiger partial charge < -0.3 is 10.6 Å². The Hall–Kier alpha value is -4.08. The molecule has 2 aromatic carbocycles. The van der Waals surface area contributed by atoms with E-state index in [0.29, 0.717) is 11.4 Å². The quantitative estimate of drug-likeness (QED) is 0.456. The van der Waals surface area contributed by atoms with E-state index in [9.17, 15) is 20.2 Å². The molecule has 10 nitrogen and oxygen atoms in total. The van der Waals surface area contributed by atoms with Crippen LogP contribution >= 0.6 is 0 Å². The van der Waals surface area contributed by atoms with Crippen molar-refractivity contribution in [3.05, 3.63) is 80.7 Å². The molecule has 3 rings (SSSR count). The highest BCUT2D eigenvalue weighted by atomic mass is 16.6. The lowest BCUT2D eigenvalue weighted by atomic mass is 10.1. The zero-order valence-corrected chi connectivity index (χ0v) is 14.8. The maximum atomic E-state index is 11.7. The van der Waals surface area contributed by atoms with Gasteiger partial charge in [-0.05, 0) is 24.1 Å². The first-order valence-electron chi connectivity index (χ1n) is 8.35. The molecule has 0 amide bonds. The number of benzene rings is 2. The van der Waals surface area contributed by atoms with Crippen molar-refractivity contribution in [3.8, 4) is 0 Å². The van der Waals surface area contributed by atoms with Crippen molar-refractivity contribution >= 4 is 34.4 Å². The normalized spacial score (nSPS) is 10.3. The summed E-state index contributed by atoms with van der Waals surface area (Å²) in [7, 11) is 0. The van der Waals surface area contributed by atoms with Crippen LogP contribution in [0.25, 0.3) is 0 Å². The summed E-state index contributed by atoms with van der Waals surface area (Å²) >= 11 is 0. The molecule has 2 N–H and O–H groups in total. The van der Waals surface area contributed by atoms with E-state index in [4.69, 9.17) is 0 Å². The predicted molar refractivity (Wildman–Crippen MR) is 104 cm³/mol. The second-order valence-electron chi connectivity index (χ2n) is 5.74. The fraction of sp³-hybridized carbons (Fsp3) is 0.111. The summed E-state index contributed by atoms with van der Waals surface area (Å²) in [6.07, 6.45) is 1.92. The summed E-state index contributed by atoms with van der Waals surface area (Å²) in [5, 5.41) is 28.4. The van der Waals surface area contributed by atoms with Gasteiger partial charge >= 0.3 is 5.69 Å². The van der Waals surface area contributed by atoms with Gasteiger partial charge in [0.05, 0.1) is 9.85 Å². The van der Waals surface area contributed by atoms with E-state index < -0.39 is 9.85 Å². The van der Waals surface area contributed by atoms with Gasteiger partial charge in [-0.1, -0.05) is 31.2 Å². The Morgan fingerprint density at radius 1 is 0.929 bits per heavy atom. The topological polar surface area (TPSA) is 136 Å². The van der Waals surface area contributed by atoms with Crippen LogP contribution in [0, 0.1) is 20.2 Å². The Morgan fingerprint density at radius 3 is 2.32 bits per heavy atom. The van der Waals surface area contributed by atoms with Gasteiger partial charge in [-0.25, -0.2) is 9.97 Å². The molecule has 0 unspecified atom stereocenters. The molecule has 0 radical (unpaired) electrons. The first-order chi connectivity index (χ1) is 13.5. The number of nitrogens with one attached hydrogen (secondary N) is 2. The SMILES string of the molecule is CCc1ccccc1Nc1ncnc(Nc2cccc([N+](=O)[O-])c2)c1[N+](=O)[O-]. The third kappa shape index (κ3) is 4.01. The van der Waals surface area contributed by atoms with Crippen molar-refractivity contribution in [3.63, 3.8) is 0 Å². The van der Waals surface area contributed by atoms with Crippen molar-refractivity contribution in [2.24, 2.45) is 0 Å². The Labute approximate surface area is 159 Å². The van der Waals surface area contributed by atoms with Gasteiger partial charge in [-0.3, -0.25) is 20.2 Å². The highest BCUT2D eigenvalue weighted by molar-refractivity contribution is 5.77. The molecule has 28 heavy (non-hydrogen) atoms. The number of non-ortho nitro benzene ring substituents is 1. The van der Waals surface area contributed by atoms with Crippen molar-refractivity contribution in [1.82, 2.24) is 9.97 Å². The number of nitrogens with zero attached hydrogens (tertiary/aromatic N) is 4. The third-order valence-corrected chi connectivity index (χ3v) is 3.98. The number of aromatic nitrogens is 2. The van der Waals surface area contributed by atoms with Gasteiger partial charge in [0.1, 0.15) is 6.33 Å². The monoisotopic (exact) mass is 380 g/mol. The molecule has 0 aliphatic rings. The zero-order chi connectivity index (χ0) is 20.1. The van der Waals surface area contributed by atoms with E-state index in [1.54, 1.807) is 12.1 Å². The second-order valence-corrected chi connectivity index (χ2v) is 5.74.